The number of nitrogens with one attached hydrogen (secondary N) is 1. The van der Waals surface area contributed by atoms with E-state index in [9.17, 15) is 4.79 Å². The predicted molar refractivity (Wildman–Crippen MR) is 97.7 cm³/mol. The topological polar surface area (TPSA) is 77.6 Å². The molecule has 0 atom stereocenters. The lowest BCUT2D eigenvalue weighted by Gasteiger charge is -2.11. The maximum absolute atomic E-state index is 12.2. The standard InChI is InChI=1S/C19H18N6O/c1-14-8-10-24(23-14)12-18(26)21-11-15-5-4-9-20-19(15)25-13-22-16-6-2-3-7-17(16)25/h2-10,13H,11-12H2,1H3,(H,21,26). The number of rotatable bonds is 5. The molecule has 26 heavy (non-hydrogen) atoms. The summed E-state index contributed by atoms with van der Waals surface area (Å²) in [6.45, 7) is 2.47. The van der Waals surface area contributed by atoms with Crippen molar-refractivity contribution in [2.24, 2.45) is 0 Å². The van der Waals surface area contributed by atoms with E-state index < -0.39 is 0 Å². The Morgan fingerprint density at radius 1 is 1.12 bits per heavy atom. The third-order valence-corrected chi connectivity index (χ3v) is 4.10. The number of aromatic nitrogens is 5. The number of hydrogen-bond donors (Lipinski definition) is 1. The minimum atomic E-state index is -0.0987. The van der Waals surface area contributed by atoms with Crippen molar-refractivity contribution in [3.63, 3.8) is 0 Å². The second kappa shape index (κ2) is 6.79. The first-order valence-electron chi connectivity index (χ1n) is 8.34. The molecule has 7 nitrogen and oxygen atoms in total. The van der Waals surface area contributed by atoms with E-state index in [4.69, 9.17) is 0 Å². The number of fused-ring (bicyclic) bond motifs is 1. The van der Waals surface area contributed by atoms with Crippen LogP contribution in [0.15, 0.2) is 61.2 Å². The van der Waals surface area contributed by atoms with Crippen molar-refractivity contribution >= 4 is 16.9 Å². The second-order valence-corrected chi connectivity index (χ2v) is 6.02. The highest BCUT2D eigenvalue weighted by molar-refractivity contribution is 5.77. The van der Waals surface area contributed by atoms with Gasteiger partial charge < -0.3 is 5.32 Å². The molecule has 1 N–H and O–H groups in total. The summed E-state index contributed by atoms with van der Waals surface area (Å²) in [4.78, 5) is 21.1. The zero-order valence-corrected chi connectivity index (χ0v) is 14.3. The van der Waals surface area contributed by atoms with Crippen LogP contribution in [0.5, 0.6) is 0 Å². The number of nitrogens with zero attached hydrogens (tertiary/aromatic N) is 5. The Morgan fingerprint density at radius 3 is 2.85 bits per heavy atom. The summed E-state index contributed by atoms with van der Waals surface area (Å²) in [5.41, 5.74) is 3.69. The van der Waals surface area contributed by atoms with Gasteiger partial charge in [0.2, 0.25) is 5.91 Å². The quantitative estimate of drug-likeness (QED) is 0.601. The molecule has 0 aliphatic rings. The lowest BCUT2D eigenvalue weighted by molar-refractivity contribution is -0.122. The van der Waals surface area contributed by atoms with Gasteiger partial charge in [-0.2, -0.15) is 5.10 Å². The zero-order chi connectivity index (χ0) is 17.9. The summed E-state index contributed by atoms with van der Waals surface area (Å²) in [6, 6.07) is 13.6. The van der Waals surface area contributed by atoms with Crippen LogP contribution in [0.4, 0.5) is 0 Å². The van der Waals surface area contributed by atoms with Gasteiger partial charge in [-0.15, -0.1) is 0 Å². The molecule has 4 aromatic rings. The molecule has 1 amide bonds. The number of aryl methyl sites for hydroxylation is 1. The molecule has 0 aliphatic carbocycles. The molecule has 130 valence electrons. The molecule has 4 rings (SSSR count). The molecule has 7 heteroatoms. The molecule has 0 fully saturated rings. The number of carbonyl (C=O) groups is 1. The van der Waals surface area contributed by atoms with Crippen molar-refractivity contribution in [1.29, 1.82) is 0 Å². The Morgan fingerprint density at radius 2 is 2.00 bits per heavy atom. The highest BCUT2D eigenvalue weighted by Crippen LogP contribution is 2.19. The molecule has 0 saturated carbocycles. The van der Waals surface area contributed by atoms with Crippen molar-refractivity contribution in [2.45, 2.75) is 20.0 Å². The first-order valence-corrected chi connectivity index (χ1v) is 8.34. The third-order valence-electron chi connectivity index (χ3n) is 4.10. The number of para-hydroxylation sites is 2. The first-order chi connectivity index (χ1) is 12.7. The maximum Gasteiger partial charge on any atom is 0.241 e. The molecule has 0 radical (unpaired) electrons. The molecule has 3 heterocycles. The molecule has 0 unspecified atom stereocenters. The highest BCUT2D eigenvalue weighted by atomic mass is 16.2. The normalized spacial score (nSPS) is 11.0. The fourth-order valence-corrected chi connectivity index (χ4v) is 2.86. The van der Waals surface area contributed by atoms with E-state index in [0.717, 1.165) is 28.1 Å². The van der Waals surface area contributed by atoms with Gasteiger partial charge in [-0.25, -0.2) is 9.97 Å². The van der Waals surface area contributed by atoms with Crippen LogP contribution in [-0.4, -0.2) is 30.2 Å². The summed E-state index contributed by atoms with van der Waals surface area (Å²) in [7, 11) is 0. The van der Waals surface area contributed by atoms with E-state index in [2.05, 4.69) is 20.4 Å². The Bertz CT molecular complexity index is 1060. The summed E-state index contributed by atoms with van der Waals surface area (Å²) < 4.78 is 3.56. The van der Waals surface area contributed by atoms with Crippen molar-refractivity contribution in [2.75, 3.05) is 0 Å². The van der Waals surface area contributed by atoms with Crippen molar-refractivity contribution < 1.29 is 4.79 Å². The van der Waals surface area contributed by atoms with Crippen LogP contribution in [-0.2, 0) is 17.9 Å². The second-order valence-electron chi connectivity index (χ2n) is 6.02. The minimum absolute atomic E-state index is 0.0987. The molecule has 0 bridgehead atoms. The van der Waals surface area contributed by atoms with Gasteiger partial charge in [0.25, 0.3) is 0 Å². The molecule has 3 aromatic heterocycles. The zero-order valence-electron chi connectivity index (χ0n) is 14.3. The Labute approximate surface area is 150 Å². The number of hydrogen-bond acceptors (Lipinski definition) is 4. The lowest BCUT2D eigenvalue weighted by atomic mass is 10.2. The molecule has 0 aliphatic heterocycles. The van der Waals surface area contributed by atoms with Crippen LogP contribution in [0.1, 0.15) is 11.3 Å². The number of amides is 1. The monoisotopic (exact) mass is 346 g/mol. The lowest BCUT2D eigenvalue weighted by Crippen LogP contribution is -2.28. The summed E-state index contributed by atoms with van der Waals surface area (Å²) >= 11 is 0. The third kappa shape index (κ3) is 3.19. The van der Waals surface area contributed by atoms with Gasteiger partial charge in [0.1, 0.15) is 18.7 Å². The van der Waals surface area contributed by atoms with Crippen LogP contribution < -0.4 is 5.32 Å². The number of carbonyl (C=O) groups excluding carboxylic acids is 1. The average molecular weight is 346 g/mol. The molecule has 1 aromatic carbocycles. The van der Waals surface area contributed by atoms with Gasteiger partial charge in [-0.3, -0.25) is 14.0 Å². The van der Waals surface area contributed by atoms with Crippen LogP contribution in [0.25, 0.3) is 16.9 Å². The summed E-state index contributed by atoms with van der Waals surface area (Å²) in [6.07, 6.45) is 5.29. The van der Waals surface area contributed by atoms with Gasteiger partial charge in [0.05, 0.1) is 16.7 Å². The van der Waals surface area contributed by atoms with Crippen LogP contribution in [0, 0.1) is 6.92 Å². The Kier molecular flexibility index (Phi) is 4.18. The van der Waals surface area contributed by atoms with Crippen molar-refractivity contribution in [1.82, 2.24) is 29.6 Å². The Balaban J connectivity index is 1.54. The largest absolute Gasteiger partial charge is 0.350 e. The molecular weight excluding hydrogens is 328 g/mol. The fraction of sp³-hybridized carbons (Fsp3) is 0.158. The van der Waals surface area contributed by atoms with Crippen LogP contribution in [0.2, 0.25) is 0 Å². The van der Waals surface area contributed by atoms with E-state index in [1.807, 2.05) is 54.0 Å². The predicted octanol–water partition coefficient (Wildman–Crippen LogP) is 2.24. The van der Waals surface area contributed by atoms with E-state index in [1.165, 1.54) is 0 Å². The van der Waals surface area contributed by atoms with Gasteiger partial charge in [-0.05, 0) is 31.2 Å². The fourth-order valence-electron chi connectivity index (χ4n) is 2.86. The average Bonchev–Trinajstić information content (AvgIpc) is 3.26. The number of benzene rings is 1. The highest BCUT2D eigenvalue weighted by Gasteiger charge is 2.11. The van der Waals surface area contributed by atoms with Crippen LogP contribution in [0.3, 0.4) is 0 Å². The van der Waals surface area contributed by atoms with Crippen LogP contribution >= 0.6 is 0 Å². The summed E-state index contributed by atoms with van der Waals surface area (Å²) in [5, 5.41) is 7.16. The SMILES string of the molecule is Cc1ccn(CC(=O)NCc2cccnc2-n2cnc3ccccc32)n1. The maximum atomic E-state index is 12.2. The number of pyridine rings is 1. The van der Waals surface area contributed by atoms with Crippen molar-refractivity contribution in [3.8, 4) is 5.82 Å². The first kappa shape index (κ1) is 16.0. The van der Waals surface area contributed by atoms with E-state index >= 15 is 0 Å². The smallest absolute Gasteiger partial charge is 0.241 e. The van der Waals surface area contributed by atoms with E-state index in [0.29, 0.717) is 6.54 Å². The van der Waals surface area contributed by atoms with Gasteiger partial charge >= 0.3 is 0 Å². The van der Waals surface area contributed by atoms with Gasteiger partial charge in [-0.1, -0.05) is 18.2 Å². The minimum Gasteiger partial charge on any atom is -0.350 e. The number of imidazole rings is 1. The van der Waals surface area contributed by atoms with E-state index in [1.54, 1.807) is 23.4 Å². The molecule has 0 saturated heterocycles. The Hall–Kier alpha value is -3.48. The van der Waals surface area contributed by atoms with Gasteiger partial charge in [0, 0.05) is 24.5 Å². The van der Waals surface area contributed by atoms with E-state index in [-0.39, 0.29) is 12.5 Å². The van der Waals surface area contributed by atoms with Gasteiger partial charge in [0.15, 0.2) is 0 Å². The van der Waals surface area contributed by atoms with Crippen molar-refractivity contribution in [3.05, 3.63) is 72.4 Å². The molecule has 0 spiro atoms. The summed E-state index contributed by atoms with van der Waals surface area (Å²) in [5.74, 6) is 0.662. The molecular formula is C19H18N6O.